The van der Waals surface area contributed by atoms with Gasteiger partial charge in [0.05, 0.1) is 12.1 Å². The molecule has 1 aromatic heterocycles. The van der Waals surface area contributed by atoms with Crippen LogP contribution in [0.25, 0.3) is 11.1 Å². The van der Waals surface area contributed by atoms with Gasteiger partial charge in [0.1, 0.15) is 0 Å². The summed E-state index contributed by atoms with van der Waals surface area (Å²) in [6, 6.07) is 9.50. The van der Waals surface area contributed by atoms with Crippen molar-refractivity contribution in [1.82, 2.24) is 25.3 Å². The SMILES string of the molecule is O=C(O)CCNC(=O)c1nn2c(c1-c1ccccc1)C(O)N(CCC1CCNCC1)CCC2. The maximum absolute atomic E-state index is 13.0. The van der Waals surface area contributed by atoms with Gasteiger partial charge in [-0.05, 0) is 50.3 Å². The predicted octanol–water partition coefficient (Wildman–Crippen LogP) is 1.84. The predicted molar refractivity (Wildman–Crippen MR) is 124 cm³/mol. The first-order valence-corrected chi connectivity index (χ1v) is 11.8. The largest absolute Gasteiger partial charge is 0.481 e. The molecule has 0 bridgehead atoms. The molecule has 4 N–H and O–H groups in total. The Morgan fingerprint density at radius 1 is 1.15 bits per heavy atom. The Morgan fingerprint density at radius 3 is 2.64 bits per heavy atom. The van der Waals surface area contributed by atoms with E-state index in [1.165, 1.54) is 0 Å². The fourth-order valence-corrected chi connectivity index (χ4v) is 4.79. The number of hydrogen-bond donors (Lipinski definition) is 4. The number of carboxylic acid groups (broad SMARTS) is 1. The van der Waals surface area contributed by atoms with Gasteiger partial charge in [0.2, 0.25) is 0 Å². The van der Waals surface area contributed by atoms with Crippen molar-refractivity contribution in [3.63, 3.8) is 0 Å². The highest BCUT2D eigenvalue weighted by atomic mass is 16.4. The molecule has 0 saturated carbocycles. The number of fused-ring (bicyclic) bond motifs is 1. The van der Waals surface area contributed by atoms with E-state index in [0.29, 0.717) is 23.7 Å². The van der Waals surface area contributed by atoms with Gasteiger partial charge in [-0.15, -0.1) is 0 Å². The summed E-state index contributed by atoms with van der Waals surface area (Å²) in [6.45, 7) is 4.31. The van der Waals surface area contributed by atoms with E-state index >= 15 is 0 Å². The highest BCUT2D eigenvalue weighted by molar-refractivity contribution is 6.00. The number of carbonyl (C=O) groups excluding carboxylic acids is 1. The number of hydrogen-bond acceptors (Lipinski definition) is 6. The zero-order valence-corrected chi connectivity index (χ0v) is 18.9. The van der Waals surface area contributed by atoms with Crippen LogP contribution in [-0.4, -0.2) is 69.5 Å². The molecule has 33 heavy (non-hydrogen) atoms. The Morgan fingerprint density at radius 2 is 1.91 bits per heavy atom. The van der Waals surface area contributed by atoms with Crippen molar-refractivity contribution >= 4 is 11.9 Å². The standard InChI is InChI=1S/C24H33N5O4/c30-19(31)9-13-26-23(32)21-20(18-5-2-1-3-6-18)22-24(33)28(14-4-15-29(22)27-21)16-10-17-7-11-25-12-8-17/h1-3,5-6,17,24-25,33H,4,7-16H2,(H,26,32)(H,30,31). The average molecular weight is 456 g/mol. The van der Waals surface area contributed by atoms with E-state index in [9.17, 15) is 14.7 Å². The quantitative estimate of drug-likeness (QED) is 0.479. The first-order chi connectivity index (χ1) is 16.0. The molecule has 0 aliphatic carbocycles. The molecule has 1 amide bonds. The van der Waals surface area contributed by atoms with E-state index in [1.807, 2.05) is 30.3 Å². The zero-order valence-electron chi connectivity index (χ0n) is 18.9. The minimum Gasteiger partial charge on any atom is -0.481 e. The summed E-state index contributed by atoms with van der Waals surface area (Å²) in [7, 11) is 0. The summed E-state index contributed by atoms with van der Waals surface area (Å²) >= 11 is 0. The third-order valence-corrected chi connectivity index (χ3v) is 6.58. The first-order valence-electron chi connectivity index (χ1n) is 11.8. The lowest BCUT2D eigenvalue weighted by molar-refractivity contribution is -0.136. The normalized spacial score (nSPS) is 19.6. The molecule has 9 nitrogen and oxygen atoms in total. The Bertz CT molecular complexity index is 955. The monoisotopic (exact) mass is 455 g/mol. The minimum absolute atomic E-state index is 0.0233. The van der Waals surface area contributed by atoms with Gasteiger partial charge >= 0.3 is 5.97 Å². The summed E-state index contributed by atoms with van der Waals surface area (Å²) in [6.07, 6.45) is 3.17. The van der Waals surface area contributed by atoms with Crippen LogP contribution in [0.5, 0.6) is 0 Å². The van der Waals surface area contributed by atoms with Gasteiger partial charge in [-0.3, -0.25) is 19.2 Å². The van der Waals surface area contributed by atoms with Gasteiger partial charge in [0.25, 0.3) is 5.91 Å². The van der Waals surface area contributed by atoms with Crippen molar-refractivity contribution in [3.8, 4) is 11.1 Å². The van der Waals surface area contributed by atoms with Crippen molar-refractivity contribution in [3.05, 3.63) is 41.7 Å². The van der Waals surface area contributed by atoms with Gasteiger partial charge < -0.3 is 20.8 Å². The number of carbonyl (C=O) groups is 2. The number of nitrogens with zero attached hydrogens (tertiary/aromatic N) is 3. The molecular formula is C24H33N5O4. The topological polar surface area (TPSA) is 120 Å². The summed E-state index contributed by atoms with van der Waals surface area (Å²) < 4.78 is 1.75. The van der Waals surface area contributed by atoms with Crippen molar-refractivity contribution in [2.45, 2.75) is 44.9 Å². The molecular weight excluding hydrogens is 422 g/mol. The van der Waals surface area contributed by atoms with Crippen LogP contribution in [0.4, 0.5) is 0 Å². The Balaban J connectivity index is 1.61. The average Bonchev–Trinajstić information content (AvgIpc) is 3.14. The number of aliphatic hydroxyl groups excluding tert-OH is 1. The lowest BCUT2D eigenvalue weighted by Crippen LogP contribution is -2.34. The molecule has 2 aromatic rings. The number of rotatable bonds is 8. The van der Waals surface area contributed by atoms with Gasteiger partial charge in [0.15, 0.2) is 11.9 Å². The molecule has 0 radical (unpaired) electrons. The number of nitrogens with one attached hydrogen (secondary N) is 2. The highest BCUT2D eigenvalue weighted by Gasteiger charge is 2.33. The van der Waals surface area contributed by atoms with Gasteiger partial charge in [-0.25, -0.2) is 0 Å². The molecule has 1 unspecified atom stereocenters. The molecule has 9 heteroatoms. The smallest absolute Gasteiger partial charge is 0.305 e. The van der Waals surface area contributed by atoms with Crippen molar-refractivity contribution in [1.29, 1.82) is 0 Å². The second-order valence-corrected chi connectivity index (χ2v) is 8.84. The van der Waals surface area contributed by atoms with E-state index < -0.39 is 18.1 Å². The van der Waals surface area contributed by atoms with Gasteiger partial charge in [-0.1, -0.05) is 30.3 Å². The lowest BCUT2D eigenvalue weighted by atomic mass is 9.94. The number of amides is 1. The third-order valence-electron chi connectivity index (χ3n) is 6.58. The third kappa shape index (κ3) is 5.61. The molecule has 2 aliphatic heterocycles. The maximum Gasteiger partial charge on any atom is 0.305 e. The summed E-state index contributed by atoms with van der Waals surface area (Å²) in [5.41, 5.74) is 2.28. The van der Waals surface area contributed by atoms with E-state index in [1.54, 1.807) is 4.68 Å². The van der Waals surface area contributed by atoms with Crippen molar-refractivity contribution in [2.24, 2.45) is 5.92 Å². The molecule has 1 saturated heterocycles. The number of piperidine rings is 1. The van der Waals surface area contributed by atoms with Crippen LogP contribution in [0.3, 0.4) is 0 Å². The van der Waals surface area contributed by atoms with Crippen LogP contribution in [0.2, 0.25) is 0 Å². The van der Waals surface area contributed by atoms with E-state index in [2.05, 4.69) is 20.6 Å². The fraction of sp³-hybridized carbons (Fsp3) is 0.542. The Labute approximate surface area is 193 Å². The molecule has 4 rings (SSSR count). The molecule has 178 valence electrons. The fourth-order valence-electron chi connectivity index (χ4n) is 4.79. The van der Waals surface area contributed by atoms with Crippen LogP contribution in [0.1, 0.15) is 54.5 Å². The first kappa shape index (κ1) is 23.4. The Kier molecular flexibility index (Phi) is 7.74. The number of benzene rings is 1. The Hall–Kier alpha value is -2.75. The number of aryl methyl sites for hydroxylation is 1. The van der Waals surface area contributed by atoms with E-state index in [-0.39, 0.29) is 18.7 Å². The van der Waals surface area contributed by atoms with E-state index in [4.69, 9.17) is 5.11 Å². The second-order valence-electron chi connectivity index (χ2n) is 8.84. The molecule has 3 heterocycles. The number of aliphatic hydroxyl groups is 1. The van der Waals surface area contributed by atoms with Crippen LogP contribution < -0.4 is 10.6 Å². The van der Waals surface area contributed by atoms with Crippen LogP contribution in [0, 0.1) is 5.92 Å². The van der Waals surface area contributed by atoms with Crippen LogP contribution in [-0.2, 0) is 11.3 Å². The molecule has 1 atom stereocenters. The van der Waals surface area contributed by atoms with E-state index in [0.717, 1.165) is 57.4 Å². The van der Waals surface area contributed by atoms with Crippen LogP contribution >= 0.6 is 0 Å². The van der Waals surface area contributed by atoms with Crippen molar-refractivity contribution < 1.29 is 19.8 Å². The molecule has 2 aliphatic rings. The van der Waals surface area contributed by atoms with Crippen molar-refractivity contribution in [2.75, 3.05) is 32.7 Å². The lowest BCUT2D eigenvalue weighted by Gasteiger charge is -2.29. The minimum atomic E-state index is -0.973. The number of aromatic nitrogens is 2. The highest BCUT2D eigenvalue weighted by Crippen LogP contribution is 2.35. The molecule has 1 fully saturated rings. The number of aliphatic carboxylic acids is 1. The zero-order chi connectivity index (χ0) is 23.2. The maximum atomic E-state index is 13.0. The summed E-state index contributed by atoms with van der Waals surface area (Å²) in [5, 5.41) is 31.0. The second kappa shape index (κ2) is 10.9. The number of carboxylic acids is 1. The molecule has 0 spiro atoms. The summed E-state index contributed by atoms with van der Waals surface area (Å²) in [4.78, 5) is 25.9. The van der Waals surface area contributed by atoms with Crippen LogP contribution in [0.15, 0.2) is 30.3 Å². The summed E-state index contributed by atoms with van der Waals surface area (Å²) in [5.74, 6) is -0.737. The van der Waals surface area contributed by atoms with Gasteiger partial charge in [-0.2, -0.15) is 5.10 Å². The van der Waals surface area contributed by atoms with Gasteiger partial charge in [0, 0.05) is 31.7 Å². The molecule has 1 aromatic carbocycles.